The quantitative estimate of drug-likeness (QED) is 0.918. The van der Waals surface area contributed by atoms with Crippen LogP contribution in [-0.2, 0) is 7.05 Å². The Bertz CT molecular complexity index is 410. The van der Waals surface area contributed by atoms with Crippen LogP contribution < -0.4 is 5.32 Å². The van der Waals surface area contributed by atoms with Gasteiger partial charge in [-0.25, -0.2) is 0 Å². The molecule has 1 saturated carbocycles. The van der Waals surface area contributed by atoms with Gasteiger partial charge in [0.25, 0.3) is 0 Å². The van der Waals surface area contributed by atoms with Crippen LogP contribution in [0.25, 0.3) is 0 Å². The molecule has 1 heterocycles. The second-order valence-electron chi connectivity index (χ2n) is 7.51. The fourth-order valence-corrected chi connectivity index (χ4v) is 3.35. The Kier molecular flexibility index (Phi) is 4.84. The normalized spacial score (nSPS) is 25.6. The molecule has 0 saturated heterocycles. The Morgan fingerprint density at radius 3 is 2.45 bits per heavy atom. The Morgan fingerprint density at radius 1 is 1.30 bits per heavy atom. The van der Waals surface area contributed by atoms with Crippen LogP contribution in [0.15, 0.2) is 6.33 Å². The summed E-state index contributed by atoms with van der Waals surface area (Å²) in [5, 5.41) is 11.7. The second kappa shape index (κ2) is 6.25. The first kappa shape index (κ1) is 15.5. The van der Waals surface area contributed by atoms with Crippen LogP contribution in [0.3, 0.4) is 0 Å². The third-order valence-electron chi connectivity index (χ3n) is 4.92. The third kappa shape index (κ3) is 3.81. The molecule has 1 aromatic heterocycles. The number of nitrogens with one attached hydrogen (secondary N) is 1. The van der Waals surface area contributed by atoms with Crippen molar-refractivity contribution in [1.82, 2.24) is 20.1 Å². The number of aromatic nitrogens is 3. The standard InChI is InChI=1S/C16H30N4/c1-12(15-19-18-11-20(15)5)17-10-13-6-8-14(9-7-13)16(2,3)4/h11-14,17H,6-10H2,1-5H3. The summed E-state index contributed by atoms with van der Waals surface area (Å²) in [4.78, 5) is 0. The maximum atomic E-state index is 4.17. The number of aryl methyl sites for hydroxylation is 1. The monoisotopic (exact) mass is 278 g/mol. The molecule has 1 aliphatic carbocycles. The Labute approximate surface area is 123 Å². The Balaban J connectivity index is 1.75. The molecule has 1 aromatic rings. The molecule has 1 aliphatic rings. The van der Waals surface area contributed by atoms with Crippen molar-refractivity contribution in [1.29, 1.82) is 0 Å². The summed E-state index contributed by atoms with van der Waals surface area (Å²) >= 11 is 0. The van der Waals surface area contributed by atoms with Crippen molar-refractivity contribution in [3.8, 4) is 0 Å². The summed E-state index contributed by atoms with van der Waals surface area (Å²) in [6, 6.07) is 0.280. The molecule has 1 N–H and O–H groups in total. The number of rotatable bonds is 4. The van der Waals surface area contributed by atoms with Crippen LogP contribution in [0.5, 0.6) is 0 Å². The van der Waals surface area contributed by atoms with Gasteiger partial charge in [0.05, 0.1) is 6.04 Å². The summed E-state index contributed by atoms with van der Waals surface area (Å²) in [6.45, 7) is 10.4. The number of hydrogen-bond acceptors (Lipinski definition) is 3. The van der Waals surface area contributed by atoms with Crippen LogP contribution in [0.1, 0.15) is 65.2 Å². The van der Waals surface area contributed by atoms with E-state index in [9.17, 15) is 0 Å². The molecule has 4 nitrogen and oxygen atoms in total. The van der Waals surface area contributed by atoms with Gasteiger partial charge in [-0.2, -0.15) is 0 Å². The average Bonchev–Trinajstić information content (AvgIpc) is 2.82. The van der Waals surface area contributed by atoms with Crippen molar-refractivity contribution < 1.29 is 0 Å². The zero-order valence-corrected chi connectivity index (χ0v) is 13.7. The first-order valence-electron chi connectivity index (χ1n) is 7.95. The van der Waals surface area contributed by atoms with E-state index in [1.165, 1.54) is 25.7 Å². The van der Waals surface area contributed by atoms with E-state index in [2.05, 4.69) is 43.2 Å². The van der Waals surface area contributed by atoms with E-state index in [1.807, 2.05) is 11.6 Å². The average molecular weight is 278 g/mol. The van der Waals surface area contributed by atoms with Crippen LogP contribution in [0.2, 0.25) is 0 Å². The lowest BCUT2D eigenvalue weighted by Gasteiger charge is -2.37. The summed E-state index contributed by atoms with van der Waals surface area (Å²) in [5.41, 5.74) is 0.477. The highest BCUT2D eigenvalue weighted by Gasteiger charge is 2.29. The highest BCUT2D eigenvalue weighted by molar-refractivity contribution is 4.92. The lowest BCUT2D eigenvalue weighted by molar-refractivity contribution is 0.147. The first-order valence-corrected chi connectivity index (χ1v) is 7.95. The molecule has 0 aliphatic heterocycles. The third-order valence-corrected chi connectivity index (χ3v) is 4.92. The Morgan fingerprint density at radius 2 is 1.95 bits per heavy atom. The van der Waals surface area contributed by atoms with E-state index >= 15 is 0 Å². The number of hydrogen-bond donors (Lipinski definition) is 1. The minimum Gasteiger partial charge on any atom is -0.319 e. The van der Waals surface area contributed by atoms with Crippen molar-refractivity contribution >= 4 is 0 Å². The van der Waals surface area contributed by atoms with E-state index in [0.717, 1.165) is 24.2 Å². The van der Waals surface area contributed by atoms with Gasteiger partial charge in [-0.15, -0.1) is 10.2 Å². The zero-order valence-electron chi connectivity index (χ0n) is 13.7. The van der Waals surface area contributed by atoms with E-state index in [-0.39, 0.29) is 6.04 Å². The van der Waals surface area contributed by atoms with E-state index in [4.69, 9.17) is 0 Å². The lowest BCUT2D eigenvalue weighted by atomic mass is 9.70. The van der Waals surface area contributed by atoms with Gasteiger partial charge in [0, 0.05) is 7.05 Å². The molecule has 0 aromatic carbocycles. The van der Waals surface area contributed by atoms with Crippen molar-refractivity contribution in [2.75, 3.05) is 6.54 Å². The van der Waals surface area contributed by atoms with E-state index in [0.29, 0.717) is 5.41 Å². The molecular formula is C16H30N4. The van der Waals surface area contributed by atoms with Gasteiger partial charge in [-0.1, -0.05) is 20.8 Å². The van der Waals surface area contributed by atoms with Gasteiger partial charge in [-0.05, 0) is 56.4 Å². The van der Waals surface area contributed by atoms with E-state index in [1.54, 1.807) is 6.33 Å². The molecule has 1 atom stereocenters. The maximum Gasteiger partial charge on any atom is 0.149 e. The topological polar surface area (TPSA) is 42.7 Å². The molecule has 4 heteroatoms. The highest BCUT2D eigenvalue weighted by Crippen LogP contribution is 2.39. The van der Waals surface area contributed by atoms with Gasteiger partial charge >= 0.3 is 0 Å². The van der Waals surface area contributed by atoms with Gasteiger partial charge in [0.15, 0.2) is 0 Å². The smallest absolute Gasteiger partial charge is 0.149 e. The first-order chi connectivity index (χ1) is 9.38. The van der Waals surface area contributed by atoms with Crippen LogP contribution in [0, 0.1) is 17.3 Å². The molecule has 1 unspecified atom stereocenters. The zero-order chi connectivity index (χ0) is 14.8. The van der Waals surface area contributed by atoms with Gasteiger partial charge in [0.1, 0.15) is 12.2 Å². The van der Waals surface area contributed by atoms with Crippen LogP contribution in [0.4, 0.5) is 0 Å². The van der Waals surface area contributed by atoms with Crippen molar-refractivity contribution in [3.63, 3.8) is 0 Å². The molecule has 20 heavy (non-hydrogen) atoms. The minimum atomic E-state index is 0.280. The molecule has 0 spiro atoms. The summed E-state index contributed by atoms with van der Waals surface area (Å²) in [7, 11) is 2.00. The van der Waals surface area contributed by atoms with Crippen LogP contribution >= 0.6 is 0 Å². The fraction of sp³-hybridized carbons (Fsp3) is 0.875. The van der Waals surface area contributed by atoms with Gasteiger partial charge < -0.3 is 9.88 Å². The Hall–Kier alpha value is -0.900. The molecule has 0 bridgehead atoms. The summed E-state index contributed by atoms with van der Waals surface area (Å²) in [6.07, 6.45) is 7.26. The molecular weight excluding hydrogens is 248 g/mol. The molecule has 1 fully saturated rings. The van der Waals surface area contributed by atoms with Crippen LogP contribution in [-0.4, -0.2) is 21.3 Å². The van der Waals surface area contributed by atoms with Crippen molar-refractivity contribution in [2.45, 2.75) is 59.4 Å². The fourth-order valence-electron chi connectivity index (χ4n) is 3.35. The maximum absolute atomic E-state index is 4.17. The van der Waals surface area contributed by atoms with Gasteiger partial charge in [-0.3, -0.25) is 0 Å². The molecule has 0 radical (unpaired) electrons. The van der Waals surface area contributed by atoms with Crippen molar-refractivity contribution in [2.24, 2.45) is 24.3 Å². The SMILES string of the molecule is CC(NCC1CCC(C(C)(C)C)CC1)c1nncn1C. The molecule has 2 rings (SSSR count). The predicted molar refractivity (Wildman–Crippen MR) is 82.3 cm³/mol. The predicted octanol–water partition coefficient (Wildman–Crippen LogP) is 3.32. The molecule has 0 amide bonds. The largest absolute Gasteiger partial charge is 0.319 e. The molecule has 114 valence electrons. The highest BCUT2D eigenvalue weighted by atomic mass is 15.3. The van der Waals surface area contributed by atoms with E-state index < -0.39 is 0 Å². The number of nitrogens with zero attached hydrogens (tertiary/aromatic N) is 3. The minimum absolute atomic E-state index is 0.280. The van der Waals surface area contributed by atoms with Gasteiger partial charge in [0.2, 0.25) is 0 Å². The summed E-state index contributed by atoms with van der Waals surface area (Å²) in [5.74, 6) is 2.74. The summed E-state index contributed by atoms with van der Waals surface area (Å²) < 4.78 is 1.99. The lowest BCUT2D eigenvalue weighted by Crippen LogP contribution is -2.32. The second-order valence-corrected chi connectivity index (χ2v) is 7.51. The van der Waals surface area contributed by atoms with Crippen molar-refractivity contribution in [3.05, 3.63) is 12.2 Å².